The molecule has 2 aromatic carbocycles. The van der Waals surface area contributed by atoms with Crippen LogP contribution in [0.1, 0.15) is 29.7 Å². The number of halogens is 3. The highest BCUT2D eigenvalue weighted by atomic mass is 79.9. The van der Waals surface area contributed by atoms with E-state index < -0.39 is 0 Å². The van der Waals surface area contributed by atoms with Crippen LogP contribution in [0.2, 0.25) is 0 Å². The quantitative estimate of drug-likeness (QED) is 0.848. The highest BCUT2D eigenvalue weighted by Crippen LogP contribution is 2.30. The molecule has 0 heterocycles. The van der Waals surface area contributed by atoms with Crippen molar-refractivity contribution in [2.24, 2.45) is 0 Å². The van der Waals surface area contributed by atoms with Crippen molar-refractivity contribution < 1.29 is 8.78 Å². The number of rotatable bonds is 4. The predicted octanol–water partition coefficient (Wildman–Crippen LogP) is 4.73. The first-order valence-electron chi connectivity index (χ1n) is 6.48. The van der Waals surface area contributed by atoms with Crippen LogP contribution in [0.4, 0.5) is 8.78 Å². The van der Waals surface area contributed by atoms with Crippen LogP contribution in [0, 0.1) is 18.6 Å². The molecule has 0 fully saturated rings. The summed E-state index contributed by atoms with van der Waals surface area (Å²) in [5, 5.41) is 3.26. The fourth-order valence-corrected chi connectivity index (χ4v) is 2.68. The Morgan fingerprint density at radius 3 is 2.55 bits per heavy atom. The first-order valence-corrected chi connectivity index (χ1v) is 7.27. The third-order valence-electron chi connectivity index (χ3n) is 3.24. The molecule has 0 aromatic heterocycles. The van der Waals surface area contributed by atoms with Crippen LogP contribution in [0.25, 0.3) is 0 Å². The van der Waals surface area contributed by atoms with Crippen molar-refractivity contribution in [3.63, 3.8) is 0 Å². The zero-order valence-electron chi connectivity index (χ0n) is 11.4. The minimum absolute atomic E-state index is 0.281. The first kappa shape index (κ1) is 15.1. The molecule has 2 rings (SSSR count). The van der Waals surface area contributed by atoms with Gasteiger partial charge >= 0.3 is 0 Å². The molecule has 4 heteroatoms. The van der Waals surface area contributed by atoms with E-state index in [-0.39, 0.29) is 17.7 Å². The summed E-state index contributed by atoms with van der Waals surface area (Å²) in [6, 6.07) is 9.50. The van der Waals surface area contributed by atoms with E-state index in [4.69, 9.17) is 0 Å². The highest BCUT2D eigenvalue weighted by molar-refractivity contribution is 9.10. The van der Waals surface area contributed by atoms with Crippen LogP contribution in [0.5, 0.6) is 0 Å². The van der Waals surface area contributed by atoms with Crippen LogP contribution >= 0.6 is 15.9 Å². The van der Waals surface area contributed by atoms with Gasteiger partial charge in [0, 0.05) is 5.56 Å². The van der Waals surface area contributed by atoms with Crippen LogP contribution in [0.3, 0.4) is 0 Å². The zero-order chi connectivity index (χ0) is 14.7. The molecule has 0 aliphatic carbocycles. The lowest BCUT2D eigenvalue weighted by atomic mass is 9.94. The van der Waals surface area contributed by atoms with Gasteiger partial charge < -0.3 is 5.32 Å². The van der Waals surface area contributed by atoms with E-state index in [2.05, 4.69) is 21.2 Å². The van der Waals surface area contributed by atoms with Crippen molar-refractivity contribution >= 4 is 15.9 Å². The van der Waals surface area contributed by atoms with Gasteiger partial charge in [-0.25, -0.2) is 8.78 Å². The van der Waals surface area contributed by atoms with Gasteiger partial charge in [-0.2, -0.15) is 0 Å². The van der Waals surface area contributed by atoms with Crippen LogP contribution in [0.15, 0.2) is 40.9 Å². The summed E-state index contributed by atoms with van der Waals surface area (Å²) in [5.74, 6) is -0.571. The van der Waals surface area contributed by atoms with Crippen LogP contribution < -0.4 is 5.32 Å². The Morgan fingerprint density at radius 1 is 1.15 bits per heavy atom. The van der Waals surface area contributed by atoms with Crippen LogP contribution in [-0.4, -0.2) is 6.54 Å². The second-order valence-electron chi connectivity index (χ2n) is 4.63. The smallest absolute Gasteiger partial charge is 0.142 e. The van der Waals surface area contributed by atoms with E-state index in [1.165, 1.54) is 12.1 Å². The van der Waals surface area contributed by atoms with Gasteiger partial charge in [0.2, 0.25) is 0 Å². The molecule has 1 atom stereocenters. The molecule has 0 radical (unpaired) electrons. The molecule has 1 nitrogen and oxygen atoms in total. The molecule has 2 aromatic rings. The van der Waals surface area contributed by atoms with Crippen molar-refractivity contribution in [1.82, 2.24) is 5.32 Å². The Morgan fingerprint density at radius 2 is 1.90 bits per heavy atom. The van der Waals surface area contributed by atoms with E-state index >= 15 is 0 Å². The van der Waals surface area contributed by atoms with E-state index in [0.717, 1.165) is 11.1 Å². The number of aryl methyl sites for hydroxylation is 1. The van der Waals surface area contributed by atoms with Crippen LogP contribution in [-0.2, 0) is 0 Å². The van der Waals surface area contributed by atoms with Crippen molar-refractivity contribution in [3.8, 4) is 0 Å². The SMILES string of the molecule is CCNC(c1ccc(F)cc1C)c1cccc(Br)c1F. The molecule has 0 spiro atoms. The Balaban J connectivity index is 2.53. The van der Waals surface area contributed by atoms with Gasteiger partial charge in [0.1, 0.15) is 11.6 Å². The van der Waals surface area contributed by atoms with Gasteiger partial charge in [-0.15, -0.1) is 0 Å². The molecule has 0 aliphatic heterocycles. The Labute approximate surface area is 126 Å². The summed E-state index contributed by atoms with van der Waals surface area (Å²) in [5.41, 5.74) is 2.23. The summed E-state index contributed by atoms with van der Waals surface area (Å²) in [4.78, 5) is 0. The molecule has 0 saturated heterocycles. The van der Waals surface area contributed by atoms with E-state index in [1.54, 1.807) is 24.3 Å². The maximum atomic E-state index is 14.3. The fourth-order valence-electron chi connectivity index (χ4n) is 2.30. The molecule has 1 N–H and O–H groups in total. The molecule has 0 amide bonds. The maximum absolute atomic E-state index is 14.3. The summed E-state index contributed by atoms with van der Waals surface area (Å²) in [7, 11) is 0. The predicted molar refractivity (Wildman–Crippen MR) is 80.8 cm³/mol. The van der Waals surface area contributed by atoms with E-state index in [1.807, 2.05) is 13.8 Å². The summed E-state index contributed by atoms with van der Waals surface area (Å²) in [6.45, 7) is 4.48. The van der Waals surface area contributed by atoms with Gasteiger partial charge in [0.05, 0.1) is 10.5 Å². The standard InChI is InChI=1S/C16H16BrF2N/c1-3-20-16(12-8-7-11(18)9-10(12)2)13-5-4-6-14(17)15(13)19/h4-9,16,20H,3H2,1-2H3. The third kappa shape index (κ3) is 3.07. The lowest BCUT2D eigenvalue weighted by molar-refractivity contribution is 0.552. The topological polar surface area (TPSA) is 12.0 Å². The average Bonchev–Trinajstić information content (AvgIpc) is 2.40. The normalized spacial score (nSPS) is 12.4. The Bertz CT molecular complexity index is 613. The second-order valence-corrected chi connectivity index (χ2v) is 5.49. The minimum Gasteiger partial charge on any atom is -0.306 e. The summed E-state index contributed by atoms with van der Waals surface area (Å²) >= 11 is 3.21. The van der Waals surface area contributed by atoms with Crippen molar-refractivity contribution in [3.05, 3.63) is 69.2 Å². The monoisotopic (exact) mass is 339 g/mol. The molecule has 0 aliphatic rings. The number of benzene rings is 2. The van der Waals surface area contributed by atoms with Crippen molar-refractivity contribution in [1.29, 1.82) is 0 Å². The van der Waals surface area contributed by atoms with Gasteiger partial charge in [-0.1, -0.05) is 25.1 Å². The summed E-state index contributed by atoms with van der Waals surface area (Å²) in [6.07, 6.45) is 0. The lowest BCUT2D eigenvalue weighted by Crippen LogP contribution is -2.24. The number of hydrogen-bond donors (Lipinski definition) is 1. The summed E-state index contributed by atoms with van der Waals surface area (Å²) < 4.78 is 28.0. The Kier molecular flexibility index (Phi) is 4.89. The third-order valence-corrected chi connectivity index (χ3v) is 3.86. The largest absolute Gasteiger partial charge is 0.306 e. The molecule has 0 bridgehead atoms. The number of hydrogen-bond acceptors (Lipinski definition) is 1. The highest BCUT2D eigenvalue weighted by Gasteiger charge is 2.20. The zero-order valence-corrected chi connectivity index (χ0v) is 13.0. The fraction of sp³-hybridized carbons (Fsp3) is 0.250. The Hall–Kier alpha value is -1.26. The van der Waals surface area contributed by atoms with Crippen molar-refractivity contribution in [2.45, 2.75) is 19.9 Å². The molecule has 106 valence electrons. The van der Waals surface area contributed by atoms with Gasteiger partial charge in [-0.05, 0) is 58.7 Å². The lowest BCUT2D eigenvalue weighted by Gasteiger charge is -2.22. The van der Waals surface area contributed by atoms with E-state index in [0.29, 0.717) is 16.6 Å². The van der Waals surface area contributed by atoms with E-state index in [9.17, 15) is 8.78 Å². The maximum Gasteiger partial charge on any atom is 0.142 e. The second kappa shape index (κ2) is 6.46. The molecule has 0 saturated carbocycles. The van der Waals surface area contributed by atoms with Gasteiger partial charge in [0.25, 0.3) is 0 Å². The first-order chi connectivity index (χ1) is 9.54. The molecular weight excluding hydrogens is 324 g/mol. The van der Waals surface area contributed by atoms with Crippen molar-refractivity contribution in [2.75, 3.05) is 6.54 Å². The minimum atomic E-state index is -0.293. The van der Waals surface area contributed by atoms with Gasteiger partial charge in [-0.3, -0.25) is 0 Å². The average molecular weight is 340 g/mol. The molecule has 1 unspecified atom stereocenters. The molecular formula is C16H16BrF2N. The number of nitrogens with one attached hydrogen (secondary N) is 1. The van der Waals surface area contributed by atoms with Gasteiger partial charge in [0.15, 0.2) is 0 Å². The molecule has 20 heavy (non-hydrogen) atoms.